The lowest BCUT2D eigenvalue weighted by atomic mass is 9.70. The van der Waals surface area contributed by atoms with Gasteiger partial charge in [0.05, 0.1) is 18.6 Å². The van der Waals surface area contributed by atoms with E-state index >= 15 is 4.79 Å². The molecule has 6 rings (SSSR count). The molecule has 4 fully saturated rings. The van der Waals surface area contributed by atoms with Gasteiger partial charge in [-0.3, -0.25) is 24.0 Å². The van der Waals surface area contributed by atoms with E-state index in [9.17, 15) is 28.8 Å². The van der Waals surface area contributed by atoms with E-state index in [-0.39, 0.29) is 48.8 Å². The second-order valence-electron chi connectivity index (χ2n) is 21.7. The molecule has 2 saturated heterocycles. The number of amides is 5. The first-order valence-corrected chi connectivity index (χ1v) is 24.0. The average Bonchev–Trinajstić information content (AvgIpc) is 3.95. The highest BCUT2D eigenvalue weighted by molar-refractivity contribution is 6.38. The molecule has 1 aromatic carbocycles. The topological polar surface area (TPSA) is 162 Å². The van der Waals surface area contributed by atoms with Gasteiger partial charge in [0.15, 0.2) is 11.6 Å². The number of carbonyl (C=O) groups is 7. The number of ether oxygens (including phenoxy) is 1. The number of unbranched alkanes of at least 4 members (excludes halogenated alkanes) is 1. The molecule has 5 amide bonds. The Bertz CT molecular complexity index is 1860. The van der Waals surface area contributed by atoms with Crippen LogP contribution in [0.25, 0.3) is 0 Å². The maximum absolute atomic E-state index is 15.3. The highest BCUT2D eigenvalue weighted by Crippen LogP contribution is 2.41. The lowest BCUT2D eigenvalue weighted by molar-refractivity contribution is -0.144. The quantitative estimate of drug-likeness (QED) is 0.152. The Kier molecular flexibility index (Phi) is 15.5. The van der Waals surface area contributed by atoms with E-state index in [2.05, 4.69) is 30.5 Å². The Morgan fingerprint density at radius 2 is 1.62 bits per heavy atom. The third-order valence-corrected chi connectivity index (χ3v) is 14.8. The van der Waals surface area contributed by atoms with Gasteiger partial charge >= 0.3 is 12.1 Å². The Morgan fingerprint density at radius 1 is 0.921 bits per heavy atom. The summed E-state index contributed by atoms with van der Waals surface area (Å²) in [6.07, 6.45) is 8.56. The van der Waals surface area contributed by atoms with E-state index in [0.717, 1.165) is 50.5 Å². The monoisotopic (exact) mass is 874 g/mol. The van der Waals surface area contributed by atoms with Crippen LogP contribution < -0.4 is 10.6 Å². The first kappa shape index (κ1) is 48.2. The van der Waals surface area contributed by atoms with Crippen molar-refractivity contribution >= 4 is 41.3 Å². The number of carbonyl (C=O) groups excluding carboxylic acids is 7. The van der Waals surface area contributed by atoms with Gasteiger partial charge in [-0.25, -0.2) is 9.59 Å². The predicted molar refractivity (Wildman–Crippen MR) is 240 cm³/mol. The van der Waals surface area contributed by atoms with Crippen molar-refractivity contribution in [2.24, 2.45) is 28.1 Å². The van der Waals surface area contributed by atoms with Gasteiger partial charge in [-0.2, -0.15) is 0 Å². The number of benzene rings is 1. The highest BCUT2D eigenvalue weighted by atomic mass is 16.6. The van der Waals surface area contributed by atoms with Crippen molar-refractivity contribution in [2.75, 3.05) is 26.2 Å². The van der Waals surface area contributed by atoms with Gasteiger partial charge < -0.3 is 30.1 Å². The summed E-state index contributed by atoms with van der Waals surface area (Å²) in [5.74, 6) is -2.22. The second-order valence-corrected chi connectivity index (χ2v) is 21.7. The molecular formula is C50H75N5O8. The van der Waals surface area contributed by atoms with Crippen molar-refractivity contribution in [3.8, 4) is 0 Å². The standard InChI is InChI=1S/C50H75N5O8/c1-8-9-15-35(43(59)40(57)26-33-18-19-33)27-39(56)38-28-37(63-47(62)54-24-20-34-16-11-12-17-36(34)30-54)31-55(38)45(60)44(50(7)21-13-10-14-22-50)52-46(61)51-41(48(2,3)4)32-53-25-23-49(5,6)29-42(53)58/h11-12,16-17,33,35,37-38,41,44H,8-10,13-15,18-32H2,1-7H3,(H2,51,52,61)/t35?,37-,38+,41-,44-/m1/s1. The summed E-state index contributed by atoms with van der Waals surface area (Å²) in [6.45, 7) is 16.0. The molecule has 3 heterocycles. The number of hydrogen-bond acceptors (Lipinski definition) is 8. The number of nitrogens with one attached hydrogen (secondary N) is 2. The number of likely N-dealkylation sites (tertiary alicyclic amines) is 2. The van der Waals surface area contributed by atoms with Crippen LogP contribution >= 0.6 is 0 Å². The lowest BCUT2D eigenvalue weighted by Gasteiger charge is -2.43. The number of fused-ring (bicyclic) bond motifs is 1. The van der Waals surface area contributed by atoms with Gasteiger partial charge in [0.2, 0.25) is 17.6 Å². The zero-order valence-electron chi connectivity index (χ0n) is 39.2. The molecule has 0 aromatic heterocycles. The lowest BCUT2D eigenvalue weighted by Crippen LogP contribution is -2.62. The van der Waals surface area contributed by atoms with Gasteiger partial charge in [0, 0.05) is 57.8 Å². The van der Waals surface area contributed by atoms with Crippen LogP contribution in [0.2, 0.25) is 0 Å². The van der Waals surface area contributed by atoms with E-state index in [1.165, 1.54) is 10.5 Å². The number of ketones is 3. The Labute approximate surface area is 375 Å². The van der Waals surface area contributed by atoms with E-state index in [1.54, 1.807) is 4.90 Å². The first-order chi connectivity index (χ1) is 29.8. The van der Waals surface area contributed by atoms with Crippen molar-refractivity contribution in [1.29, 1.82) is 0 Å². The zero-order valence-corrected chi connectivity index (χ0v) is 39.2. The van der Waals surface area contributed by atoms with E-state index in [4.69, 9.17) is 4.74 Å². The molecule has 13 heteroatoms. The van der Waals surface area contributed by atoms with Crippen LogP contribution in [0.4, 0.5) is 9.59 Å². The largest absolute Gasteiger partial charge is 0.444 e. The molecule has 63 heavy (non-hydrogen) atoms. The van der Waals surface area contributed by atoms with Crippen LogP contribution in [0, 0.1) is 28.1 Å². The molecule has 5 atom stereocenters. The molecule has 2 aliphatic carbocycles. The van der Waals surface area contributed by atoms with E-state index in [1.807, 2.05) is 57.7 Å². The number of nitrogens with zero attached hydrogens (tertiary/aromatic N) is 3. The average molecular weight is 874 g/mol. The van der Waals surface area contributed by atoms with Crippen LogP contribution in [0.15, 0.2) is 24.3 Å². The maximum atomic E-state index is 15.3. The van der Waals surface area contributed by atoms with Gasteiger partial charge in [0.25, 0.3) is 0 Å². The summed E-state index contributed by atoms with van der Waals surface area (Å²) in [5.41, 5.74) is 1.08. The molecule has 0 spiro atoms. The van der Waals surface area contributed by atoms with E-state index in [0.29, 0.717) is 64.7 Å². The second kappa shape index (κ2) is 20.3. The normalized spacial score (nSPS) is 23.5. The van der Waals surface area contributed by atoms with Crippen molar-refractivity contribution in [1.82, 2.24) is 25.3 Å². The van der Waals surface area contributed by atoms with E-state index < -0.39 is 70.6 Å². The fraction of sp³-hybridized carbons (Fsp3) is 0.740. The minimum Gasteiger partial charge on any atom is -0.444 e. The molecule has 5 aliphatic rings. The van der Waals surface area contributed by atoms with Crippen molar-refractivity contribution in [3.63, 3.8) is 0 Å². The molecule has 0 radical (unpaired) electrons. The number of hydrogen-bond donors (Lipinski definition) is 2. The summed E-state index contributed by atoms with van der Waals surface area (Å²) in [6, 6.07) is 4.99. The van der Waals surface area contributed by atoms with Gasteiger partial charge in [-0.05, 0) is 78.2 Å². The Hall–Kier alpha value is -4.29. The summed E-state index contributed by atoms with van der Waals surface area (Å²) in [5, 5.41) is 6.25. The zero-order chi connectivity index (χ0) is 45.7. The summed E-state index contributed by atoms with van der Waals surface area (Å²) < 4.78 is 6.14. The molecule has 1 unspecified atom stereocenters. The van der Waals surface area contributed by atoms with Crippen molar-refractivity contribution < 1.29 is 38.3 Å². The first-order valence-electron chi connectivity index (χ1n) is 24.0. The minimum atomic E-state index is -1.02. The maximum Gasteiger partial charge on any atom is 0.410 e. The fourth-order valence-corrected chi connectivity index (χ4v) is 10.2. The molecule has 1 aromatic rings. The third kappa shape index (κ3) is 12.5. The molecule has 2 saturated carbocycles. The fourth-order valence-electron chi connectivity index (χ4n) is 10.2. The number of piperidine rings is 1. The summed E-state index contributed by atoms with van der Waals surface area (Å²) in [4.78, 5) is 103. The van der Waals surface area contributed by atoms with Crippen LogP contribution in [-0.2, 0) is 41.7 Å². The number of Topliss-reactive ketones (excluding diaryl/α,β-unsaturated/α-hetero) is 3. The van der Waals surface area contributed by atoms with Crippen LogP contribution in [-0.4, -0.2) is 106 Å². The van der Waals surface area contributed by atoms with Crippen molar-refractivity contribution in [2.45, 2.75) is 182 Å². The van der Waals surface area contributed by atoms with Gasteiger partial charge in [0.1, 0.15) is 12.1 Å². The SMILES string of the molecule is CCCCC(CC(=O)[C@@H]1C[C@@H](OC(=O)N2CCc3ccccc3C2)CN1C(=O)[C@@H](NC(=O)N[C@H](CN1CCC(C)(C)CC1=O)C(C)(C)C)C1(C)CCCCC1)C(=O)C(=O)CC1CC1. The minimum absolute atomic E-state index is 0.0481. The smallest absolute Gasteiger partial charge is 0.410 e. The molecular weight excluding hydrogens is 799 g/mol. The van der Waals surface area contributed by atoms with Crippen LogP contribution in [0.5, 0.6) is 0 Å². The number of rotatable bonds is 17. The van der Waals surface area contributed by atoms with Crippen LogP contribution in [0.3, 0.4) is 0 Å². The third-order valence-electron chi connectivity index (χ3n) is 14.8. The molecule has 0 bridgehead atoms. The predicted octanol–water partition coefficient (Wildman–Crippen LogP) is 7.56. The Balaban J connectivity index is 1.24. The van der Waals surface area contributed by atoms with Gasteiger partial charge in [-0.1, -0.05) is 105 Å². The molecule has 13 nitrogen and oxygen atoms in total. The molecule has 2 N–H and O–H groups in total. The summed E-state index contributed by atoms with van der Waals surface area (Å²) >= 11 is 0. The van der Waals surface area contributed by atoms with Crippen molar-refractivity contribution in [3.05, 3.63) is 35.4 Å². The van der Waals surface area contributed by atoms with Gasteiger partial charge in [-0.15, -0.1) is 0 Å². The molecule has 3 aliphatic heterocycles. The molecule has 348 valence electrons. The number of urea groups is 1. The highest BCUT2D eigenvalue weighted by Gasteiger charge is 2.50. The summed E-state index contributed by atoms with van der Waals surface area (Å²) in [7, 11) is 0. The van der Waals surface area contributed by atoms with Crippen LogP contribution in [0.1, 0.15) is 156 Å². The Morgan fingerprint density at radius 3 is 2.27 bits per heavy atom.